The van der Waals surface area contributed by atoms with Gasteiger partial charge in [-0.1, -0.05) is 24.3 Å². The lowest BCUT2D eigenvalue weighted by molar-refractivity contribution is -0.125. The van der Waals surface area contributed by atoms with E-state index in [4.69, 9.17) is 4.74 Å². The Morgan fingerprint density at radius 2 is 1.92 bits per heavy atom. The Bertz CT molecular complexity index is 816. The summed E-state index contributed by atoms with van der Waals surface area (Å²) in [4.78, 5) is 36.0. The first-order valence-corrected chi connectivity index (χ1v) is 7.50. The number of carbonyl (C=O) groups excluding carboxylic acids is 3. The van der Waals surface area contributed by atoms with Gasteiger partial charge in [0, 0.05) is 24.7 Å². The number of benzene rings is 2. The van der Waals surface area contributed by atoms with E-state index < -0.39 is 18.0 Å². The fourth-order valence-electron chi connectivity index (χ4n) is 2.58. The molecule has 0 radical (unpaired) electrons. The Balaban J connectivity index is 1.75. The monoisotopic (exact) mass is 324 g/mol. The number of cyclic esters (lactones) is 1. The van der Waals surface area contributed by atoms with E-state index in [9.17, 15) is 14.4 Å². The summed E-state index contributed by atoms with van der Waals surface area (Å²) >= 11 is 0. The molecule has 24 heavy (non-hydrogen) atoms. The zero-order valence-corrected chi connectivity index (χ0v) is 13.0. The third-order valence-electron chi connectivity index (χ3n) is 3.80. The molecule has 122 valence electrons. The zero-order chi connectivity index (χ0) is 17.1. The van der Waals surface area contributed by atoms with E-state index in [0.29, 0.717) is 23.2 Å². The van der Waals surface area contributed by atoms with E-state index >= 15 is 0 Å². The molecule has 1 atom stereocenters. The number of carbonyl (C=O) groups is 3. The number of ether oxygens (including phenoxy) is 1. The second-order valence-electron chi connectivity index (χ2n) is 5.40. The number of nitrogens with one attached hydrogen (secondary N) is 2. The van der Waals surface area contributed by atoms with Crippen molar-refractivity contribution in [3.05, 3.63) is 65.2 Å². The normalized spacial score (nSPS) is 15.9. The van der Waals surface area contributed by atoms with Crippen molar-refractivity contribution < 1.29 is 19.1 Å². The SMILES string of the molecule is CNC(=O)c1cccc(NC(=O)C2Cc3ccccc3C(=O)O2)c1. The van der Waals surface area contributed by atoms with Crippen LogP contribution in [0.5, 0.6) is 0 Å². The third-order valence-corrected chi connectivity index (χ3v) is 3.80. The van der Waals surface area contributed by atoms with Gasteiger partial charge in [-0.15, -0.1) is 0 Å². The van der Waals surface area contributed by atoms with Crippen molar-refractivity contribution >= 4 is 23.5 Å². The Morgan fingerprint density at radius 1 is 1.12 bits per heavy atom. The minimum atomic E-state index is -0.893. The van der Waals surface area contributed by atoms with Gasteiger partial charge in [0.2, 0.25) is 0 Å². The van der Waals surface area contributed by atoms with Gasteiger partial charge in [-0.25, -0.2) is 4.79 Å². The highest BCUT2D eigenvalue weighted by Crippen LogP contribution is 2.21. The van der Waals surface area contributed by atoms with Gasteiger partial charge in [0.1, 0.15) is 0 Å². The molecule has 0 bridgehead atoms. The number of anilines is 1. The average molecular weight is 324 g/mol. The van der Waals surface area contributed by atoms with Gasteiger partial charge < -0.3 is 15.4 Å². The molecule has 2 N–H and O–H groups in total. The van der Waals surface area contributed by atoms with Gasteiger partial charge in [0.25, 0.3) is 11.8 Å². The van der Waals surface area contributed by atoms with Crippen LogP contribution in [0.25, 0.3) is 0 Å². The van der Waals surface area contributed by atoms with E-state index in [1.165, 1.54) is 7.05 Å². The van der Waals surface area contributed by atoms with E-state index in [0.717, 1.165) is 5.56 Å². The van der Waals surface area contributed by atoms with Crippen LogP contribution in [0.2, 0.25) is 0 Å². The summed E-state index contributed by atoms with van der Waals surface area (Å²) in [7, 11) is 1.53. The molecule has 0 aliphatic carbocycles. The lowest BCUT2D eigenvalue weighted by Crippen LogP contribution is -2.38. The van der Waals surface area contributed by atoms with Crippen LogP contribution in [0.4, 0.5) is 5.69 Å². The molecule has 6 heteroatoms. The lowest BCUT2D eigenvalue weighted by Gasteiger charge is -2.23. The molecule has 1 heterocycles. The number of hydrogen-bond acceptors (Lipinski definition) is 4. The van der Waals surface area contributed by atoms with Gasteiger partial charge in [-0.2, -0.15) is 0 Å². The smallest absolute Gasteiger partial charge is 0.339 e. The number of hydrogen-bond donors (Lipinski definition) is 2. The molecule has 0 aromatic heterocycles. The molecule has 0 fully saturated rings. The Hall–Kier alpha value is -3.15. The Labute approximate surface area is 138 Å². The van der Waals surface area contributed by atoms with Crippen molar-refractivity contribution in [1.29, 1.82) is 0 Å². The number of esters is 1. The molecule has 1 aliphatic heterocycles. The standard InChI is InChI=1S/C18H16N2O4/c1-19-16(21)12-6-4-7-13(9-12)20-17(22)15-10-11-5-2-3-8-14(11)18(23)24-15/h2-9,15H,10H2,1H3,(H,19,21)(H,20,22). The fraction of sp³-hybridized carbons (Fsp3) is 0.167. The molecule has 6 nitrogen and oxygen atoms in total. The first kappa shape index (κ1) is 15.7. The maximum atomic E-state index is 12.4. The van der Waals surface area contributed by atoms with Crippen LogP contribution in [0.15, 0.2) is 48.5 Å². The largest absolute Gasteiger partial charge is 0.448 e. The molecule has 1 aliphatic rings. The van der Waals surface area contributed by atoms with Crippen LogP contribution in [0.1, 0.15) is 26.3 Å². The van der Waals surface area contributed by atoms with Crippen molar-refractivity contribution in [3.8, 4) is 0 Å². The average Bonchev–Trinajstić information content (AvgIpc) is 2.61. The minimum absolute atomic E-state index is 0.246. The van der Waals surface area contributed by atoms with Crippen LogP contribution in [-0.4, -0.2) is 30.9 Å². The Kier molecular flexibility index (Phi) is 4.29. The number of rotatable bonds is 3. The van der Waals surface area contributed by atoms with E-state index in [1.807, 2.05) is 12.1 Å². The number of amides is 2. The van der Waals surface area contributed by atoms with Crippen LogP contribution in [0.3, 0.4) is 0 Å². The summed E-state index contributed by atoms with van der Waals surface area (Å²) in [5.74, 6) is -1.17. The van der Waals surface area contributed by atoms with Gasteiger partial charge in [0.15, 0.2) is 6.10 Å². The predicted molar refractivity (Wildman–Crippen MR) is 87.8 cm³/mol. The van der Waals surface area contributed by atoms with Crippen molar-refractivity contribution in [2.24, 2.45) is 0 Å². The van der Waals surface area contributed by atoms with Crippen LogP contribution in [0, 0.1) is 0 Å². The highest BCUT2D eigenvalue weighted by atomic mass is 16.5. The van der Waals surface area contributed by atoms with E-state index in [1.54, 1.807) is 36.4 Å². The first-order chi connectivity index (χ1) is 11.6. The van der Waals surface area contributed by atoms with Crippen LogP contribution in [-0.2, 0) is 16.0 Å². The molecule has 0 saturated heterocycles. The first-order valence-electron chi connectivity index (χ1n) is 7.50. The van der Waals surface area contributed by atoms with Gasteiger partial charge in [-0.05, 0) is 29.8 Å². The minimum Gasteiger partial charge on any atom is -0.448 e. The molecule has 2 aromatic rings. The molecule has 0 spiro atoms. The maximum absolute atomic E-state index is 12.4. The Morgan fingerprint density at radius 3 is 2.71 bits per heavy atom. The predicted octanol–water partition coefficient (Wildman–Crippen LogP) is 1.77. The maximum Gasteiger partial charge on any atom is 0.339 e. The summed E-state index contributed by atoms with van der Waals surface area (Å²) in [6.07, 6.45) is -0.570. The molecule has 2 amide bonds. The molecule has 3 rings (SSSR count). The second kappa shape index (κ2) is 6.54. The molecule has 0 saturated carbocycles. The quantitative estimate of drug-likeness (QED) is 0.843. The second-order valence-corrected chi connectivity index (χ2v) is 5.40. The summed E-state index contributed by atoms with van der Waals surface area (Å²) in [5, 5.41) is 5.21. The van der Waals surface area contributed by atoms with Crippen molar-refractivity contribution in [3.63, 3.8) is 0 Å². The van der Waals surface area contributed by atoms with Crippen molar-refractivity contribution in [2.75, 3.05) is 12.4 Å². The fourth-order valence-corrected chi connectivity index (χ4v) is 2.58. The van der Waals surface area contributed by atoms with Gasteiger partial charge in [-0.3, -0.25) is 9.59 Å². The topological polar surface area (TPSA) is 84.5 Å². The summed E-state index contributed by atoms with van der Waals surface area (Å²) in [6.45, 7) is 0. The number of fused-ring (bicyclic) bond motifs is 1. The highest BCUT2D eigenvalue weighted by molar-refractivity contribution is 6.01. The van der Waals surface area contributed by atoms with Gasteiger partial charge >= 0.3 is 5.97 Å². The van der Waals surface area contributed by atoms with Gasteiger partial charge in [0.05, 0.1) is 5.56 Å². The van der Waals surface area contributed by atoms with Crippen LogP contribution >= 0.6 is 0 Å². The van der Waals surface area contributed by atoms with E-state index in [2.05, 4.69) is 10.6 Å². The summed E-state index contributed by atoms with van der Waals surface area (Å²) in [6, 6.07) is 13.6. The molecular formula is C18H16N2O4. The highest BCUT2D eigenvalue weighted by Gasteiger charge is 2.31. The zero-order valence-electron chi connectivity index (χ0n) is 13.0. The third kappa shape index (κ3) is 3.12. The molecule has 2 aromatic carbocycles. The summed E-state index contributed by atoms with van der Waals surface area (Å²) in [5.41, 5.74) is 2.17. The lowest BCUT2D eigenvalue weighted by atomic mass is 9.98. The summed E-state index contributed by atoms with van der Waals surface area (Å²) < 4.78 is 5.22. The van der Waals surface area contributed by atoms with Crippen molar-refractivity contribution in [2.45, 2.75) is 12.5 Å². The molecule has 1 unspecified atom stereocenters. The van der Waals surface area contributed by atoms with Crippen molar-refractivity contribution in [1.82, 2.24) is 5.32 Å². The van der Waals surface area contributed by atoms with E-state index in [-0.39, 0.29) is 5.91 Å². The van der Waals surface area contributed by atoms with Crippen LogP contribution < -0.4 is 10.6 Å². The molecular weight excluding hydrogens is 308 g/mol.